The van der Waals surface area contributed by atoms with Gasteiger partial charge in [0, 0.05) is 27.4 Å². The summed E-state index contributed by atoms with van der Waals surface area (Å²) in [5.74, 6) is 0. The fraction of sp³-hybridized carbons (Fsp3) is 0.500. The molecule has 0 aromatic carbocycles. The number of aryl methyl sites for hydroxylation is 2. The third-order valence-electron chi connectivity index (χ3n) is 3.15. The number of aromatic nitrogens is 1. The van der Waals surface area contributed by atoms with Crippen LogP contribution < -0.4 is 5.32 Å². The van der Waals surface area contributed by atoms with Crippen LogP contribution in [0.3, 0.4) is 0 Å². The molecule has 0 saturated carbocycles. The lowest BCUT2D eigenvalue weighted by atomic mass is 10.1. The van der Waals surface area contributed by atoms with Crippen LogP contribution in [0.15, 0.2) is 17.6 Å². The number of hydrogen-bond acceptors (Lipinski definition) is 4. The lowest BCUT2D eigenvalue weighted by molar-refractivity contribution is 0.454. The Hall–Kier alpha value is -0.710. The van der Waals surface area contributed by atoms with Crippen molar-refractivity contribution in [2.45, 2.75) is 46.2 Å². The van der Waals surface area contributed by atoms with Gasteiger partial charge in [-0.25, -0.2) is 4.98 Å². The normalized spacial score (nSPS) is 14.7. The number of hydrogen-bond donors (Lipinski definition) is 1. The highest BCUT2D eigenvalue weighted by molar-refractivity contribution is 7.12. The summed E-state index contributed by atoms with van der Waals surface area (Å²) in [4.78, 5) is 7.23. The third kappa shape index (κ3) is 2.99. The molecule has 0 aliphatic rings. The second-order valence-corrected chi connectivity index (χ2v) is 6.97. The van der Waals surface area contributed by atoms with Gasteiger partial charge in [-0.05, 0) is 38.8 Å². The molecule has 0 amide bonds. The Morgan fingerprint density at radius 1 is 1.39 bits per heavy atom. The van der Waals surface area contributed by atoms with Crippen molar-refractivity contribution in [2.24, 2.45) is 0 Å². The Kier molecular flexibility index (Phi) is 4.54. The summed E-state index contributed by atoms with van der Waals surface area (Å²) in [5.41, 5.74) is 1.42. The molecule has 2 atom stereocenters. The van der Waals surface area contributed by atoms with Gasteiger partial charge in [0.25, 0.3) is 0 Å². The Morgan fingerprint density at radius 3 is 2.67 bits per heavy atom. The van der Waals surface area contributed by atoms with Crippen LogP contribution in [0.4, 0.5) is 0 Å². The Labute approximate surface area is 117 Å². The molecule has 2 rings (SSSR count). The first kappa shape index (κ1) is 13.7. The van der Waals surface area contributed by atoms with Crippen molar-refractivity contribution >= 4 is 22.7 Å². The number of rotatable bonds is 5. The van der Waals surface area contributed by atoms with E-state index in [-0.39, 0.29) is 0 Å². The molecule has 0 bridgehead atoms. The highest BCUT2D eigenvalue weighted by Gasteiger charge is 2.17. The predicted octanol–water partition coefficient (Wildman–Crippen LogP) is 4.62. The van der Waals surface area contributed by atoms with Gasteiger partial charge in [-0.2, -0.15) is 0 Å². The molecule has 0 aliphatic carbocycles. The van der Waals surface area contributed by atoms with E-state index in [4.69, 9.17) is 0 Å². The zero-order valence-corrected chi connectivity index (χ0v) is 13.0. The smallest absolute Gasteiger partial charge is 0.109 e. The van der Waals surface area contributed by atoms with Crippen LogP contribution in [0.25, 0.3) is 0 Å². The summed E-state index contributed by atoms with van der Waals surface area (Å²) in [6.45, 7) is 8.82. The Bertz CT molecular complexity index is 488. The highest BCUT2D eigenvalue weighted by atomic mass is 32.1. The molecule has 0 radical (unpaired) electrons. The molecule has 2 aromatic rings. The molecule has 1 N–H and O–H groups in total. The average molecular weight is 280 g/mol. The molecule has 2 aromatic heterocycles. The van der Waals surface area contributed by atoms with E-state index < -0.39 is 0 Å². The van der Waals surface area contributed by atoms with Crippen molar-refractivity contribution in [1.29, 1.82) is 0 Å². The number of thiazole rings is 1. The van der Waals surface area contributed by atoms with Crippen LogP contribution in [0, 0.1) is 13.8 Å². The first-order chi connectivity index (χ1) is 8.61. The summed E-state index contributed by atoms with van der Waals surface area (Å²) >= 11 is 3.61. The van der Waals surface area contributed by atoms with Crippen LogP contribution in [0.1, 0.15) is 52.7 Å². The van der Waals surface area contributed by atoms with Gasteiger partial charge >= 0.3 is 0 Å². The second kappa shape index (κ2) is 5.95. The van der Waals surface area contributed by atoms with E-state index in [1.54, 1.807) is 11.3 Å². The Morgan fingerprint density at radius 2 is 2.17 bits per heavy atom. The minimum Gasteiger partial charge on any atom is -0.301 e. The van der Waals surface area contributed by atoms with Crippen LogP contribution in [0.5, 0.6) is 0 Å². The first-order valence-corrected chi connectivity index (χ1v) is 8.03. The molecule has 0 aliphatic heterocycles. The van der Waals surface area contributed by atoms with Crippen LogP contribution in [-0.4, -0.2) is 4.98 Å². The van der Waals surface area contributed by atoms with Gasteiger partial charge in [-0.1, -0.05) is 6.92 Å². The van der Waals surface area contributed by atoms with E-state index in [9.17, 15) is 0 Å². The molecular formula is C14H20N2S2. The largest absolute Gasteiger partial charge is 0.301 e. The quantitative estimate of drug-likeness (QED) is 0.864. The van der Waals surface area contributed by atoms with E-state index >= 15 is 0 Å². The maximum absolute atomic E-state index is 4.42. The van der Waals surface area contributed by atoms with Gasteiger partial charge in [0.15, 0.2) is 0 Å². The minimum absolute atomic E-state index is 0.361. The monoisotopic (exact) mass is 280 g/mol. The summed E-state index contributed by atoms with van der Waals surface area (Å²) < 4.78 is 0. The lowest BCUT2D eigenvalue weighted by Gasteiger charge is -2.20. The molecule has 0 fully saturated rings. The zero-order chi connectivity index (χ0) is 13.1. The van der Waals surface area contributed by atoms with Gasteiger partial charge in [0.05, 0.1) is 6.04 Å². The van der Waals surface area contributed by atoms with E-state index in [0.717, 1.165) is 6.42 Å². The van der Waals surface area contributed by atoms with Gasteiger partial charge < -0.3 is 5.32 Å². The van der Waals surface area contributed by atoms with E-state index in [0.29, 0.717) is 12.1 Å². The standard InChI is InChI=1S/C14H20N2S2/c1-5-13(14-15-6-7-17-14)16-10(3)12-8-9(2)18-11(12)4/h6-8,10,13,16H,5H2,1-4H3. The molecular weight excluding hydrogens is 260 g/mol. The van der Waals surface area contributed by atoms with Gasteiger partial charge in [0.2, 0.25) is 0 Å². The van der Waals surface area contributed by atoms with Crippen molar-refractivity contribution in [3.8, 4) is 0 Å². The summed E-state index contributed by atoms with van der Waals surface area (Å²) in [7, 11) is 0. The first-order valence-electron chi connectivity index (χ1n) is 6.34. The fourth-order valence-electron chi connectivity index (χ4n) is 2.24. The molecule has 0 saturated heterocycles. The molecule has 0 spiro atoms. The van der Waals surface area contributed by atoms with Crippen molar-refractivity contribution in [3.63, 3.8) is 0 Å². The molecule has 4 heteroatoms. The van der Waals surface area contributed by atoms with Crippen molar-refractivity contribution in [3.05, 3.63) is 38.0 Å². The summed E-state index contributed by atoms with van der Waals surface area (Å²) in [6.07, 6.45) is 2.95. The molecule has 2 nitrogen and oxygen atoms in total. The Balaban J connectivity index is 2.10. The maximum Gasteiger partial charge on any atom is 0.109 e. The van der Waals surface area contributed by atoms with Gasteiger partial charge in [-0.3, -0.25) is 0 Å². The summed E-state index contributed by atoms with van der Waals surface area (Å²) in [6, 6.07) is 3.04. The van der Waals surface area contributed by atoms with E-state index in [2.05, 4.69) is 44.1 Å². The lowest BCUT2D eigenvalue weighted by Crippen LogP contribution is -2.24. The average Bonchev–Trinajstić information content (AvgIpc) is 2.95. The highest BCUT2D eigenvalue weighted by Crippen LogP contribution is 2.29. The molecule has 2 heterocycles. The number of nitrogens with one attached hydrogen (secondary N) is 1. The van der Waals surface area contributed by atoms with E-state index in [1.807, 2.05) is 22.9 Å². The van der Waals surface area contributed by atoms with Gasteiger partial charge in [0.1, 0.15) is 5.01 Å². The van der Waals surface area contributed by atoms with Crippen LogP contribution in [0.2, 0.25) is 0 Å². The van der Waals surface area contributed by atoms with Gasteiger partial charge in [-0.15, -0.1) is 22.7 Å². The van der Waals surface area contributed by atoms with Crippen molar-refractivity contribution in [1.82, 2.24) is 10.3 Å². The predicted molar refractivity (Wildman–Crippen MR) is 80.5 cm³/mol. The van der Waals surface area contributed by atoms with Crippen molar-refractivity contribution < 1.29 is 0 Å². The second-order valence-electron chi connectivity index (χ2n) is 4.59. The number of nitrogens with zero attached hydrogens (tertiary/aromatic N) is 1. The minimum atomic E-state index is 0.361. The number of thiophene rings is 1. The molecule has 98 valence electrons. The fourth-order valence-corrected chi connectivity index (χ4v) is 4.05. The zero-order valence-electron chi connectivity index (χ0n) is 11.4. The SMILES string of the molecule is CCC(NC(C)c1cc(C)sc1C)c1nccs1. The van der Waals surface area contributed by atoms with Crippen LogP contribution >= 0.6 is 22.7 Å². The molecule has 2 unspecified atom stereocenters. The molecule has 18 heavy (non-hydrogen) atoms. The van der Waals surface area contributed by atoms with Crippen molar-refractivity contribution in [2.75, 3.05) is 0 Å². The van der Waals surface area contributed by atoms with E-state index in [1.165, 1.54) is 20.3 Å². The van der Waals surface area contributed by atoms with Crippen LogP contribution in [-0.2, 0) is 0 Å². The topological polar surface area (TPSA) is 24.9 Å². The maximum atomic E-state index is 4.42. The third-order valence-corrected chi connectivity index (χ3v) is 5.03. The summed E-state index contributed by atoms with van der Waals surface area (Å²) in [5, 5.41) is 6.93.